The van der Waals surface area contributed by atoms with Crippen LogP contribution in [0.25, 0.3) is 11.1 Å². The Labute approximate surface area is 150 Å². The minimum absolute atomic E-state index is 0. The first kappa shape index (κ1) is 23.2. The van der Waals surface area contributed by atoms with E-state index in [1.54, 1.807) is 36.7 Å². The van der Waals surface area contributed by atoms with Gasteiger partial charge in [0, 0.05) is 24.5 Å². The maximum Gasteiger partial charge on any atom is 0.347 e. The molecule has 2 aromatic heterocycles. The van der Waals surface area contributed by atoms with Gasteiger partial charge in [-0.3, -0.25) is 14.1 Å². The second-order valence-electron chi connectivity index (χ2n) is 4.68. The van der Waals surface area contributed by atoms with Gasteiger partial charge in [-0.2, -0.15) is 0 Å². The standard InChI is InChI=1S/C12H14N2O6P2.2ClH/c15-21(16,17)12(22(18,19)20)9-14-7-3-11(4-8-14)10-1-5-13-6-2-10;;/h1-8,12H,9H2,(H3-,15,16,17,18,19,20);2*1H. The molecule has 0 radical (unpaired) electrons. The summed E-state index contributed by atoms with van der Waals surface area (Å²) in [6, 6.07) is 6.97. The molecule has 0 aliphatic carbocycles. The summed E-state index contributed by atoms with van der Waals surface area (Å²) in [6.07, 6.45) is 6.28. The van der Waals surface area contributed by atoms with Gasteiger partial charge >= 0.3 is 15.2 Å². The number of halogens is 2. The van der Waals surface area contributed by atoms with Crippen molar-refractivity contribution in [1.82, 2.24) is 4.98 Å². The Morgan fingerprint density at radius 3 is 1.75 bits per heavy atom. The van der Waals surface area contributed by atoms with E-state index in [1.807, 2.05) is 0 Å². The smallest absolute Gasteiger partial charge is 0.347 e. The fourth-order valence-electron chi connectivity index (χ4n) is 1.91. The van der Waals surface area contributed by atoms with Crippen LogP contribution >= 0.6 is 27.6 Å². The lowest BCUT2D eigenvalue weighted by Gasteiger charge is -2.16. The Morgan fingerprint density at radius 2 is 1.33 bits per heavy atom. The Balaban J connectivity index is 0.00000264. The second-order valence-corrected chi connectivity index (χ2v) is 8.69. The van der Waals surface area contributed by atoms with E-state index in [4.69, 9.17) is 19.6 Å². The Bertz CT molecular complexity index is 713. The molecule has 2 rings (SSSR count). The van der Waals surface area contributed by atoms with Crippen LogP contribution in [0.2, 0.25) is 0 Å². The van der Waals surface area contributed by atoms with Crippen LogP contribution in [0, 0.1) is 0 Å². The van der Waals surface area contributed by atoms with Gasteiger partial charge in [0.05, 0.1) is 0 Å². The van der Waals surface area contributed by atoms with Crippen molar-refractivity contribution in [1.29, 1.82) is 0 Å². The van der Waals surface area contributed by atoms with Crippen molar-refractivity contribution in [3.8, 4) is 11.1 Å². The lowest BCUT2D eigenvalue weighted by molar-refractivity contribution is -0.694. The highest BCUT2D eigenvalue weighted by Crippen LogP contribution is 2.59. The number of hydrogen-bond donors (Lipinski definition) is 4. The summed E-state index contributed by atoms with van der Waals surface area (Å²) in [5.41, 5.74) is 1.76. The summed E-state index contributed by atoms with van der Waals surface area (Å²) in [6.45, 7) is -0.481. The Hall–Kier alpha value is -0.820. The van der Waals surface area contributed by atoms with Crippen LogP contribution in [0.5, 0.6) is 0 Å². The second kappa shape index (κ2) is 9.04. The predicted molar refractivity (Wildman–Crippen MR) is 85.0 cm³/mol. The molecule has 4 N–H and O–H groups in total. The monoisotopic (exact) mass is 416 g/mol. The van der Waals surface area contributed by atoms with Crippen molar-refractivity contribution in [2.24, 2.45) is 0 Å². The highest BCUT2D eigenvalue weighted by molar-refractivity contribution is 7.70. The predicted octanol–water partition coefficient (Wildman–Crippen LogP) is -1.86. The molecule has 0 unspecified atom stereocenters. The summed E-state index contributed by atoms with van der Waals surface area (Å²) in [5.74, 6) is 0. The highest BCUT2D eigenvalue weighted by atomic mass is 35.5. The van der Waals surface area contributed by atoms with Crippen molar-refractivity contribution in [2.75, 3.05) is 0 Å². The number of nitrogens with zero attached hydrogens (tertiary/aromatic N) is 2. The first-order chi connectivity index (χ1) is 10.2. The largest absolute Gasteiger partial charge is 1.00 e. The zero-order chi connectivity index (χ0) is 16.4. The third-order valence-corrected chi connectivity index (χ3v) is 6.74. The third kappa shape index (κ3) is 6.24. The molecule has 0 aliphatic heterocycles. The molecule has 2 aromatic rings. The molecule has 2 heterocycles. The van der Waals surface area contributed by atoms with Gasteiger partial charge in [0.25, 0.3) is 0 Å². The highest BCUT2D eigenvalue weighted by Gasteiger charge is 2.46. The SMILES string of the molecule is Cl.O=P(O)(O)C(C[n+]1ccc(-c2ccncc2)cc1)P(=O)(O)O.[Cl-]. The van der Waals surface area contributed by atoms with Crippen LogP contribution in [-0.2, 0) is 15.7 Å². The van der Waals surface area contributed by atoms with Gasteiger partial charge in [-0.25, -0.2) is 4.57 Å². The Kier molecular flexibility index (Phi) is 8.73. The minimum Gasteiger partial charge on any atom is -1.00 e. The average Bonchev–Trinajstić information content (AvgIpc) is 2.44. The molecule has 0 aliphatic rings. The van der Waals surface area contributed by atoms with Crippen LogP contribution in [-0.4, -0.2) is 30.0 Å². The lowest BCUT2D eigenvalue weighted by atomic mass is 10.1. The van der Waals surface area contributed by atoms with Gasteiger partial charge in [0.2, 0.25) is 5.40 Å². The summed E-state index contributed by atoms with van der Waals surface area (Å²) in [4.78, 5) is 40.3. The zero-order valence-electron chi connectivity index (χ0n) is 12.1. The van der Waals surface area contributed by atoms with Gasteiger partial charge in [0.1, 0.15) is 0 Å². The molecule has 0 fully saturated rings. The van der Waals surface area contributed by atoms with E-state index in [9.17, 15) is 9.13 Å². The molecule has 0 spiro atoms. The van der Waals surface area contributed by atoms with Crippen LogP contribution < -0.4 is 17.0 Å². The molecular weight excluding hydrogens is 401 g/mol. The molecule has 0 atom stereocenters. The van der Waals surface area contributed by atoms with E-state index in [0.717, 1.165) is 11.1 Å². The topological polar surface area (TPSA) is 132 Å². The molecule has 0 saturated heterocycles. The van der Waals surface area contributed by atoms with Crippen LogP contribution in [0.4, 0.5) is 0 Å². The van der Waals surface area contributed by atoms with Gasteiger partial charge in [0.15, 0.2) is 18.9 Å². The van der Waals surface area contributed by atoms with E-state index >= 15 is 0 Å². The maximum absolute atomic E-state index is 11.3. The van der Waals surface area contributed by atoms with Gasteiger partial charge < -0.3 is 32.0 Å². The molecule has 8 nitrogen and oxygen atoms in total. The van der Waals surface area contributed by atoms with Gasteiger partial charge in [-0.05, 0) is 23.3 Å². The molecule has 134 valence electrons. The van der Waals surface area contributed by atoms with Crippen molar-refractivity contribution >= 4 is 27.6 Å². The summed E-state index contributed by atoms with van der Waals surface area (Å²) >= 11 is 0. The molecule has 0 aromatic carbocycles. The average molecular weight is 417 g/mol. The van der Waals surface area contributed by atoms with Crippen molar-refractivity contribution < 1.29 is 45.7 Å². The van der Waals surface area contributed by atoms with E-state index in [2.05, 4.69) is 4.98 Å². The Morgan fingerprint density at radius 1 is 0.917 bits per heavy atom. The van der Waals surface area contributed by atoms with Crippen LogP contribution in [0.1, 0.15) is 0 Å². The third-order valence-electron chi connectivity index (χ3n) is 3.06. The van der Waals surface area contributed by atoms with Gasteiger partial charge in [-0.15, -0.1) is 12.4 Å². The van der Waals surface area contributed by atoms with Crippen molar-refractivity contribution in [3.05, 3.63) is 49.1 Å². The number of aromatic nitrogens is 2. The summed E-state index contributed by atoms with van der Waals surface area (Å²) < 4.78 is 23.8. The normalized spacial score (nSPS) is 11.5. The van der Waals surface area contributed by atoms with Crippen molar-refractivity contribution in [2.45, 2.75) is 11.9 Å². The first-order valence-electron chi connectivity index (χ1n) is 6.18. The maximum atomic E-state index is 11.3. The van der Waals surface area contributed by atoms with Crippen molar-refractivity contribution in [3.63, 3.8) is 0 Å². The van der Waals surface area contributed by atoms with E-state index < -0.39 is 27.1 Å². The summed E-state index contributed by atoms with van der Waals surface area (Å²) in [7, 11) is -9.85. The zero-order valence-corrected chi connectivity index (χ0v) is 15.4. The number of pyridine rings is 2. The minimum atomic E-state index is -4.92. The number of hydrogen-bond acceptors (Lipinski definition) is 3. The molecule has 12 heteroatoms. The molecule has 0 amide bonds. The molecule has 0 saturated carbocycles. The number of rotatable bonds is 5. The lowest BCUT2D eigenvalue weighted by Crippen LogP contribution is -3.00. The van der Waals surface area contributed by atoms with Crippen LogP contribution in [0.15, 0.2) is 49.1 Å². The quantitative estimate of drug-likeness (QED) is 0.332. The molecule has 0 bridgehead atoms. The first-order valence-corrected chi connectivity index (χ1v) is 9.54. The summed E-state index contributed by atoms with van der Waals surface area (Å²) in [5, 5.41) is -2.06. The molecular formula is C12H16Cl2N2O6P2. The van der Waals surface area contributed by atoms with E-state index in [-0.39, 0.29) is 24.8 Å². The fraction of sp³-hybridized carbons (Fsp3) is 0.167. The van der Waals surface area contributed by atoms with Gasteiger partial charge in [-0.1, -0.05) is 0 Å². The van der Waals surface area contributed by atoms with E-state index in [0.29, 0.717) is 0 Å². The fourth-order valence-corrected chi connectivity index (χ4v) is 4.28. The van der Waals surface area contributed by atoms with E-state index in [1.165, 1.54) is 17.0 Å². The van der Waals surface area contributed by atoms with Crippen LogP contribution in [0.3, 0.4) is 0 Å². The molecule has 24 heavy (non-hydrogen) atoms.